The van der Waals surface area contributed by atoms with Crippen LogP contribution in [0.15, 0.2) is 48.7 Å². The zero-order valence-corrected chi connectivity index (χ0v) is 15.9. The van der Waals surface area contributed by atoms with Gasteiger partial charge in [0.25, 0.3) is 5.91 Å². The molecular weight excluding hydrogens is 370 g/mol. The number of hydrogen-bond donors (Lipinski definition) is 3. The molecule has 0 saturated heterocycles. The highest BCUT2D eigenvalue weighted by atomic mass is 16.5. The number of aryl methyl sites for hydroxylation is 1. The van der Waals surface area contributed by atoms with Crippen LogP contribution in [-0.4, -0.2) is 29.1 Å². The number of benzene rings is 2. The predicted octanol–water partition coefficient (Wildman–Crippen LogP) is 4.00. The Balaban J connectivity index is 1.76. The number of ether oxygens (including phenoxy) is 1. The van der Waals surface area contributed by atoms with Gasteiger partial charge in [-0.1, -0.05) is 12.1 Å². The molecule has 3 N–H and O–H groups in total. The minimum absolute atomic E-state index is 0.108. The first kappa shape index (κ1) is 18.5. The standard InChI is InChI=1S/C22H19N3O4/c1-12-11-23-20(29-2)10-16(12)14-4-5-15-18(9-14)24-17-6-3-13(8-21(26)27)7-19(17)25-22(15)28/h3-7,9-11,24H,8H2,1-2H3,(H,25,28)(H,26,27). The fraction of sp³-hybridized carbons (Fsp3) is 0.136. The molecule has 0 aliphatic carbocycles. The lowest BCUT2D eigenvalue weighted by Crippen LogP contribution is -2.11. The quantitative estimate of drug-likeness (QED) is 0.624. The Bertz CT molecular complexity index is 1140. The molecule has 2 aromatic carbocycles. The van der Waals surface area contributed by atoms with Gasteiger partial charge in [-0.05, 0) is 53.4 Å². The number of rotatable bonds is 4. The van der Waals surface area contributed by atoms with Gasteiger partial charge in [-0.15, -0.1) is 0 Å². The molecule has 29 heavy (non-hydrogen) atoms. The lowest BCUT2D eigenvalue weighted by atomic mass is 9.99. The minimum Gasteiger partial charge on any atom is -0.481 e. The summed E-state index contributed by atoms with van der Waals surface area (Å²) in [4.78, 5) is 27.9. The summed E-state index contributed by atoms with van der Waals surface area (Å²) in [6, 6.07) is 12.6. The second-order valence-electron chi connectivity index (χ2n) is 6.83. The van der Waals surface area contributed by atoms with E-state index >= 15 is 0 Å². The maximum Gasteiger partial charge on any atom is 0.307 e. The minimum atomic E-state index is -0.922. The summed E-state index contributed by atoms with van der Waals surface area (Å²) in [5.74, 6) is -0.661. The van der Waals surface area contributed by atoms with E-state index in [4.69, 9.17) is 9.84 Å². The number of fused-ring (bicyclic) bond motifs is 2. The van der Waals surface area contributed by atoms with Crippen LogP contribution in [0.4, 0.5) is 17.1 Å². The highest BCUT2D eigenvalue weighted by Gasteiger charge is 2.20. The van der Waals surface area contributed by atoms with Gasteiger partial charge in [-0.3, -0.25) is 9.59 Å². The van der Waals surface area contributed by atoms with Gasteiger partial charge in [-0.2, -0.15) is 0 Å². The molecule has 0 atom stereocenters. The maximum atomic E-state index is 12.7. The molecule has 7 nitrogen and oxygen atoms in total. The summed E-state index contributed by atoms with van der Waals surface area (Å²) in [6.45, 7) is 1.97. The lowest BCUT2D eigenvalue weighted by molar-refractivity contribution is -0.136. The van der Waals surface area contributed by atoms with Crippen molar-refractivity contribution in [1.82, 2.24) is 4.98 Å². The third kappa shape index (κ3) is 3.62. The number of carbonyl (C=O) groups is 2. The van der Waals surface area contributed by atoms with Crippen molar-refractivity contribution in [2.45, 2.75) is 13.3 Å². The number of methoxy groups -OCH3 is 1. The van der Waals surface area contributed by atoms with Gasteiger partial charge in [0.15, 0.2) is 0 Å². The number of amides is 1. The molecule has 1 aliphatic rings. The number of aromatic nitrogens is 1. The van der Waals surface area contributed by atoms with E-state index in [1.54, 1.807) is 37.6 Å². The van der Waals surface area contributed by atoms with Crippen LogP contribution in [0.3, 0.4) is 0 Å². The summed E-state index contributed by atoms with van der Waals surface area (Å²) in [6.07, 6.45) is 1.64. The number of nitrogens with zero attached hydrogens (tertiary/aromatic N) is 1. The number of hydrogen-bond acceptors (Lipinski definition) is 5. The number of carbonyl (C=O) groups excluding carboxylic acids is 1. The lowest BCUT2D eigenvalue weighted by Gasteiger charge is -2.12. The van der Waals surface area contributed by atoms with Crippen LogP contribution < -0.4 is 15.4 Å². The van der Waals surface area contributed by atoms with E-state index in [9.17, 15) is 9.59 Å². The Hall–Kier alpha value is -3.87. The molecule has 3 aromatic rings. The number of carboxylic acid groups (broad SMARTS) is 1. The van der Waals surface area contributed by atoms with Crippen LogP contribution in [0.25, 0.3) is 11.1 Å². The SMILES string of the molecule is COc1cc(-c2ccc3c(c2)Nc2ccc(CC(=O)O)cc2NC3=O)c(C)cn1. The summed E-state index contributed by atoms with van der Waals surface area (Å²) < 4.78 is 5.23. The van der Waals surface area contributed by atoms with E-state index in [1.807, 2.05) is 25.1 Å². The molecule has 0 saturated carbocycles. The summed E-state index contributed by atoms with van der Waals surface area (Å²) in [5, 5.41) is 15.2. The van der Waals surface area contributed by atoms with Gasteiger partial charge in [0, 0.05) is 12.3 Å². The molecule has 1 aliphatic heterocycles. The number of anilines is 3. The molecule has 0 spiro atoms. The first-order valence-corrected chi connectivity index (χ1v) is 9.03. The largest absolute Gasteiger partial charge is 0.481 e. The Labute approximate surface area is 167 Å². The van der Waals surface area contributed by atoms with Gasteiger partial charge in [0.2, 0.25) is 5.88 Å². The Morgan fingerprint density at radius 2 is 1.86 bits per heavy atom. The van der Waals surface area contributed by atoms with Crippen molar-refractivity contribution in [2.24, 2.45) is 0 Å². The smallest absolute Gasteiger partial charge is 0.307 e. The van der Waals surface area contributed by atoms with E-state index in [0.29, 0.717) is 34.1 Å². The number of carboxylic acids is 1. The van der Waals surface area contributed by atoms with Crippen molar-refractivity contribution >= 4 is 28.9 Å². The summed E-state index contributed by atoms with van der Waals surface area (Å²) in [5.41, 5.74) is 5.91. The predicted molar refractivity (Wildman–Crippen MR) is 110 cm³/mol. The fourth-order valence-corrected chi connectivity index (χ4v) is 3.36. The molecule has 7 heteroatoms. The topological polar surface area (TPSA) is 101 Å². The van der Waals surface area contributed by atoms with Crippen molar-refractivity contribution in [3.8, 4) is 17.0 Å². The zero-order valence-electron chi connectivity index (χ0n) is 15.9. The normalized spacial score (nSPS) is 12.1. The third-order valence-corrected chi connectivity index (χ3v) is 4.82. The Kier molecular flexibility index (Phi) is 4.64. The van der Waals surface area contributed by atoms with Crippen molar-refractivity contribution in [1.29, 1.82) is 0 Å². The van der Waals surface area contributed by atoms with Gasteiger partial charge in [0.1, 0.15) is 0 Å². The van der Waals surface area contributed by atoms with E-state index in [2.05, 4.69) is 15.6 Å². The van der Waals surface area contributed by atoms with Crippen LogP contribution in [0.2, 0.25) is 0 Å². The number of pyridine rings is 1. The first-order chi connectivity index (χ1) is 13.9. The van der Waals surface area contributed by atoms with Gasteiger partial charge >= 0.3 is 5.97 Å². The van der Waals surface area contributed by atoms with Crippen LogP contribution in [-0.2, 0) is 11.2 Å². The molecule has 2 heterocycles. The van der Waals surface area contributed by atoms with Crippen LogP contribution in [0.1, 0.15) is 21.5 Å². The van der Waals surface area contributed by atoms with Gasteiger partial charge in [0.05, 0.1) is 36.2 Å². The van der Waals surface area contributed by atoms with E-state index in [1.165, 1.54) is 0 Å². The number of nitrogens with one attached hydrogen (secondary N) is 2. The van der Waals surface area contributed by atoms with Crippen LogP contribution in [0, 0.1) is 6.92 Å². The van der Waals surface area contributed by atoms with Crippen molar-refractivity contribution < 1.29 is 19.4 Å². The Morgan fingerprint density at radius 3 is 2.62 bits per heavy atom. The van der Waals surface area contributed by atoms with Gasteiger partial charge in [-0.25, -0.2) is 4.98 Å². The van der Waals surface area contributed by atoms with Crippen LogP contribution in [0.5, 0.6) is 5.88 Å². The highest BCUT2D eigenvalue weighted by molar-refractivity contribution is 6.12. The highest BCUT2D eigenvalue weighted by Crippen LogP contribution is 2.36. The molecule has 0 bridgehead atoms. The molecule has 0 fully saturated rings. The van der Waals surface area contributed by atoms with Crippen molar-refractivity contribution in [3.05, 3.63) is 65.4 Å². The molecule has 4 rings (SSSR count). The second-order valence-corrected chi connectivity index (χ2v) is 6.83. The van der Waals surface area contributed by atoms with Crippen LogP contribution >= 0.6 is 0 Å². The second kappa shape index (κ2) is 7.27. The van der Waals surface area contributed by atoms with E-state index in [0.717, 1.165) is 16.7 Å². The molecule has 1 amide bonds. The molecule has 0 unspecified atom stereocenters. The monoisotopic (exact) mass is 389 g/mol. The van der Waals surface area contributed by atoms with Crippen molar-refractivity contribution in [3.63, 3.8) is 0 Å². The molecule has 146 valence electrons. The zero-order chi connectivity index (χ0) is 20.5. The molecular formula is C22H19N3O4. The van der Waals surface area contributed by atoms with Gasteiger partial charge < -0.3 is 20.5 Å². The van der Waals surface area contributed by atoms with E-state index in [-0.39, 0.29) is 12.3 Å². The number of aliphatic carboxylic acids is 1. The Morgan fingerprint density at radius 1 is 1.03 bits per heavy atom. The summed E-state index contributed by atoms with van der Waals surface area (Å²) >= 11 is 0. The third-order valence-electron chi connectivity index (χ3n) is 4.82. The summed E-state index contributed by atoms with van der Waals surface area (Å²) in [7, 11) is 1.57. The van der Waals surface area contributed by atoms with E-state index < -0.39 is 5.97 Å². The average molecular weight is 389 g/mol. The maximum absolute atomic E-state index is 12.7. The average Bonchev–Trinajstić information content (AvgIpc) is 2.83. The first-order valence-electron chi connectivity index (χ1n) is 9.03. The van der Waals surface area contributed by atoms with Crippen molar-refractivity contribution in [2.75, 3.05) is 17.7 Å². The molecule has 1 aromatic heterocycles. The fourth-order valence-electron chi connectivity index (χ4n) is 3.36. The molecule has 0 radical (unpaired) electrons.